The van der Waals surface area contributed by atoms with E-state index in [2.05, 4.69) is 17.6 Å². The maximum Gasteiger partial charge on any atom is 0.223 e. The summed E-state index contributed by atoms with van der Waals surface area (Å²) in [5.74, 6) is 2.81. The molecule has 102 valence electrons. The van der Waals surface area contributed by atoms with Gasteiger partial charge in [-0.1, -0.05) is 12.8 Å². The molecule has 3 aliphatic rings. The summed E-state index contributed by atoms with van der Waals surface area (Å²) in [5.41, 5.74) is 0. The van der Waals surface area contributed by atoms with E-state index in [0.717, 1.165) is 24.9 Å². The molecule has 3 nitrogen and oxygen atoms in total. The van der Waals surface area contributed by atoms with Crippen molar-refractivity contribution in [2.75, 3.05) is 13.1 Å². The molecule has 0 aromatic rings. The Morgan fingerprint density at radius 3 is 2.50 bits per heavy atom. The van der Waals surface area contributed by atoms with Crippen molar-refractivity contribution in [1.82, 2.24) is 10.6 Å². The van der Waals surface area contributed by atoms with E-state index in [1.165, 1.54) is 38.5 Å². The van der Waals surface area contributed by atoms with E-state index in [0.29, 0.717) is 23.8 Å². The van der Waals surface area contributed by atoms with E-state index in [-0.39, 0.29) is 0 Å². The summed E-state index contributed by atoms with van der Waals surface area (Å²) in [5, 5.41) is 6.72. The van der Waals surface area contributed by atoms with E-state index in [4.69, 9.17) is 0 Å². The second kappa shape index (κ2) is 5.20. The van der Waals surface area contributed by atoms with Crippen molar-refractivity contribution in [2.24, 2.45) is 23.7 Å². The smallest absolute Gasteiger partial charge is 0.223 e. The predicted molar refractivity (Wildman–Crippen MR) is 72.1 cm³/mol. The maximum absolute atomic E-state index is 12.3. The number of piperidine rings is 1. The molecule has 2 N–H and O–H groups in total. The molecule has 3 rings (SSSR count). The van der Waals surface area contributed by atoms with Gasteiger partial charge in [0.05, 0.1) is 0 Å². The van der Waals surface area contributed by atoms with Gasteiger partial charge in [-0.05, 0) is 63.5 Å². The SMILES string of the molecule is CC(NC(=O)C1C2CCCCC21)C1CCCNC1. The number of carbonyl (C=O) groups excluding carboxylic acids is 1. The van der Waals surface area contributed by atoms with Gasteiger partial charge in [-0.3, -0.25) is 4.79 Å². The van der Waals surface area contributed by atoms with Crippen molar-refractivity contribution in [3.63, 3.8) is 0 Å². The van der Waals surface area contributed by atoms with Gasteiger partial charge < -0.3 is 10.6 Å². The number of nitrogens with one attached hydrogen (secondary N) is 2. The van der Waals surface area contributed by atoms with E-state index in [1.807, 2.05) is 0 Å². The number of rotatable bonds is 3. The standard InChI is InChI=1S/C15H26N2O/c1-10(11-5-4-8-16-9-11)17-15(18)14-12-6-2-3-7-13(12)14/h10-14,16H,2-9H2,1H3,(H,17,18). The lowest BCUT2D eigenvalue weighted by Gasteiger charge is -2.29. The highest BCUT2D eigenvalue weighted by atomic mass is 16.2. The van der Waals surface area contributed by atoms with Gasteiger partial charge in [0.1, 0.15) is 0 Å². The largest absolute Gasteiger partial charge is 0.353 e. The van der Waals surface area contributed by atoms with Crippen LogP contribution < -0.4 is 10.6 Å². The van der Waals surface area contributed by atoms with Crippen molar-refractivity contribution >= 4 is 5.91 Å². The van der Waals surface area contributed by atoms with Crippen LogP contribution in [0.2, 0.25) is 0 Å². The van der Waals surface area contributed by atoms with E-state index in [9.17, 15) is 4.79 Å². The fraction of sp³-hybridized carbons (Fsp3) is 0.933. The highest BCUT2D eigenvalue weighted by Gasteiger charge is 2.54. The zero-order valence-corrected chi connectivity index (χ0v) is 11.5. The number of fused-ring (bicyclic) bond motifs is 1. The van der Waals surface area contributed by atoms with Crippen molar-refractivity contribution in [1.29, 1.82) is 0 Å². The Balaban J connectivity index is 1.48. The third-order valence-corrected chi connectivity index (χ3v) is 5.37. The Labute approximate surface area is 110 Å². The first-order valence-corrected chi connectivity index (χ1v) is 7.78. The summed E-state index contributed by atoms with van der Waals surface area (Å²) in [6.45, 7) is 4.39. The molecule has 4 atom stereocenters. The van der Waals surface area contributed by atoms with E-state index < -0.39 is 0 Å². The maximum atomic E-state index is 12.3. The Bertz CT molecular complexity index is 300. The molecular weight excluding hydrogens is 224 g/mol. The van der Waals surface area contributed by atoms with Gasteiger partial charge in [-0.25, -0.2) is 0 Å². The first kappa shape index (κ1) is 12.5. The first-order valence-electron chi connectivity index (χ1n) is 7.78. The number of hydrogen-bond donors (Lipinski definition) is 2. The summed E-state index contributed by atoms with van der Waals surface area (Å²) in [6, 6.07) is 0.341. The molecule has 1 aliphatic heterocycles. The van der Waals surface area contributed by atoms with Crippen molar-refractivity contribution in [2.45, 2.75) is 51.5 Å². The highest BCUT2D eigenvalue weighted by Crippen LogP contribution is 2.55. The monoisotopic (exact) mass is 250 g/mol. The fourth-order valence-corrected chi connectivity index (χ4v) is 4.13. The molecule has 1 saturated heterocycles. The third-order valence-electron chi connectivity index (χ3n) is 5.37. The minimum absolute atomic E-state index is 0.341. The lowest BCUT2D eigenvalue weighted by atomic mass is 9.92. The van der Waals surface area contributed by atoms with Crippen LogP contribution in [0.25, 0.3) is 0 Å². The lowest BCUT2D eigenvalue weighted by molar-refractivity contribution is -0.123. The topological polar surface area (TPSA) is 41.1 Å². The van der Waals surface area contributed by atoms with Crippen LogP contribution in [0.15, 0.2) is 0 Å². The number of amides is 1. The molecule has 1 heterocycles. The summed E-state index contributed by atoms with van der Waals surface area (Å²) in [4.78, 5) is 12.3. The number of carbonyl (C=O) groups is 1. The Morgan fingerprint density at radius 1 is 1.17 bits per heavy atom. The van der Waals surface area contributed by atoms with E-state index in [1.54, 1.807) is 0 Å². The minimum Gasteiger partial charge on any atom is -0.353 e. The van der Waals surface area contributed by atoms with E-state index >= 15 is 0 Å². The molecule has 0 aromatic heterocycles. The van der Waals surface area contributed by atoms with Gasteiger partial charge in [0.15, 0.2) is 0 Å². The second-order valence-corrected chi connectivity index (χ2v) is 6.54. The van der Waals surface area contributed by atoms with Crippen molar-refractivity contribution < 1.29 is 4.79 Å². The average molecular weight is 250 g/mol. The van der Waals surface area contributed by atoms with Crippen LogP contribution in [0.4, 0.5) is 0 Å². The van der Waals surface area contributed by atoms with Gasteiger partial charge >= 0.3 is 0 Å². The zero-order valence-electron chi connectivity index (χ0n) is 11.5. The molecule has 3 fully saturated rings. The van der Waals surface area contributed by atoms with Crippen LogP contribution in [-0.2, 0) is 4.79 Å². The van der Waals surface area contributed by atoms with Crippen molar-refractivity contribution in [3.8, 4) is 0 Å². The molecule has 3 heteroatoms. The zero-order chi connectivity index (χ0) is 12.5. The second-order valence-electron chi connectivity index (χ2n) is 6.54. The Morgan fingerprint density at radius 2 is 1.89 bits per heavy atom. The Hall–Kier alpha value is -0.570. The molecule has 4 unspecified atom stereocenters. The first-order chi connectivity index (χ1) is 8.77. The molecule has 0 spiro atoms. The highest BCUT2D eigenvalue weighted by molar-refractivity contribution is 5.82. The molecule has 1 amide bonds. The Kier molecular flexibility index (Phi) is 3.60. The molecule has 0 radical (unpaired) electrons. The van der Waals surface area contributed by atoms with Gasteiger partial charge in [-0.15, -0.1) is 0 Å². The van der Waals surface area contributed by atoms with Gasteiger partial charge in [0.2, 0.25) is 5.91 Å². The summed E-state index contributed by atoms with van der Waals surface area (Å²) >= 11 is 0. The molecule has 0 aromatic carbocycles. The quantitative estimate of drug-likeness (QED) is 0.803. The van der Waals surface area contributed by atoms with Crippen molar-refractivity contribution in [3.05, 3.63) is 0 Å². The van der Waals surface area contributed by atoms with Crippen LogP contribution >= 0.6 is 0 Å². The van der Waals surface area contributed by atoms with Crippen LogP contribution in [-0.4, -0.2) is 25.0 Å². The molecule has 2 saturated carbocycles. The normalized spacial score (nSPS) is 40.7. The van der Waals surface area contributed by atoms with Crippen LogP contribution in [0, 0.1) is 23.7 Å². The molecule has 0 bridgehead atoms. The molecule has 2 aliphatic carbocycles. The number of hydrogen-bond acceptors (Lipinski definition) is 2. The fourth-order valence-electron chi connectivity index (χ4n) is 4.13. The summed E-state index contributed by atoms with van der Waals surface area (Å²) in [7, 11) is 0. The third kappa shape index (κ3) is 2.42. The van der Waals surface area contributed by atoms with Gasteiger partial charge in [0, 0.05) is 12.0 Å². The average Bonchev–Trinajstić information content (AvgIpc) is 3.14. The predicted octanol–water partition coefficient (Wildman–Crippen LogP) is 1.93. The van der Waals surface area contributed by atoms with Crippen LogP contribution in [0.1, 0.15) is 45.4 Å². The van der Waals surface area contributed by atoms with Gasteiger partial charge in [0.25, 0.3) is 0 Å². The molecular formula is C15H26N2O. The molecule has 18 heavy (non-hydrogen) atoms. The summed E-state index contributed by atoms with van der Waals surface area (Å²) < 4.78 is 0. The minimum atomic E-state index is 0.341. The van der Waals surface area contributed by atoms with Gasteiger partial charge in [-0.2, -0.15) is 0 Å². The summed E-state index contributed by atoms with van der Waals surface area (Å²) in [6.07, 6.45) is 7.77. The van der Waals surface area contributed by atoms with Crippen LogP contribution in [0.5, 0.6) is 0 Å². The van der Waals surface area contributed by atoms with Crippen LogP contribution in [0.3, 0.4) is 0 Å². The lowest BCUT2D eigenvalue weighted by Crippen LogP contribution is -2.45.